The molecule has 0 saturated heterocycles. The van der Waals surface area contributed by atoms with Gasteiger partial charge < -0.3 is 4.90 Å². The van der Waals surface area contributed by atoms with Gasteiger partial charge in [0.05, 0.1) is 5.69 Å². The van der Waals surface area contributed by atoms with Crippen LogP contribution >= 0.6 is 11.6 Å². The van der Waals surface area contributed by atoms with E-state index in [9.17, 15) is 0 Å². The lowest BCUT2D eigenvalue weighted by molar-refractivity contribution is 0.199. The summed E-state index contributed by atoms with van der Waals surface area (Å²) in [5.41, 5.74) is 1.06. The number of aromatic nitrogens is 1. The average Bonchev–Trinajstić information content (AvgIpc) is 2.11. The van der Waals surface area contributed by atoms with Crippen molar-refractivity contribution in [3.05, 3.63) is 29.0 Å². The van der Waals surface area contributed by atoms with E-state index in [2.05, 4.69) is 16.9 Å². The van der Waals surface area contributed by atoms with E-state index in [1.165, 1.54) is 25.8 Å². The van der Waals surface area contributed by atoms with Crippen molar-refractivity contribution in [3.63, 3.8) is 0 Å². The zero-order valence-electron chi connectivity index (χ0n) is 9.12. The molecule has 0 aliphatic heterocycles. The van der Waals surface area contributed by atoms with Crippen LogP contribution in [0.5, 0.6) is 0 Å². The molecule has 0 aromatic carbocycles. The Balaban J connectivity index is 1.84. The Labute approximate surface area is 96.3 Å². The van der Waals surface area contributed by atoms with Gasteiger partial charge in [-0.25, -0.2) is 0 Å². The number of hydrogen-bond acceptors (Lipinski definition) is 2. The molecule has 0 N–H and O–H groups in total. The Bertz CT molecular complexity index is 323. The molecule has 0 radical (unpaired) electrons. The second kappa shape index (κ2) is 4.95. The van der Waals surface area contributed by atoms with Gasteiger partial charge in [-0.3, -0.25) is 4.98 Å². The van der Waals surface area contributed by atoms with Crippen LogP contribution in [0.2, 0.25) is 5.02 Å². The highest BCUT2D eigenvalue weighted by Crippen LogP contribution is 2.27. The second-order valence-electron chi connectivity index (χ2n) is 4.46. The summed E-state index contributed by atoms with van der Waals surface area (Å²) >= 11 is 5.91. The SMILES string of the molecule is CN(Cc1cc(Cl)ccn1)CC1CCC1. The molecule has 1 aliphatic rings. The Hall–Kier alpha value is -0.600. The van der Waals surface area contributed by atoms with Crippen molar-refractivity contribution >= 4 is 11.6 Å². The molecule has 15 heavy (non-hydrogen) atoms. The van der Waals surface area contributed by atoms with Gasteiger partial charge in [-0.1, -0.05) is 18.0 Å². The predicted molar refractivity (Wildman–Crippen MR) is 62.9 cm³/mol. The molecule has 0 amide bonds. The van der Waals surface area contributed by atoms with Crippen LogP contribution in [-0.4, -0.2) is 23.5 Å². The van der Waals surface area contributed by atoms with Gasteiger partial charge in [0.2, 0.25) is 0 Å². The van der Waals surface area contributed by atoms with Gasteiger partial charge in [0, 0.05) is 24.3 Å². The number of halogens is 1. The topological polar surface area (TPSA) is 16.1 Å². The zero-order chi connectivity index (χ0) is 10.7. The Morgan fingerprint density at radius 2 is 2.33 bits per heavy atom. The summed E-state index contributed by atoms with van der Waals surface area (Å²) in [6.45, 7) is 2.09. The molecule has 0 bridgehead atoms. The summed E-state index contributed by atoms with van der Waals surface area (Å²) in [7, 11) is 2.15. The summed E-state index contributed by atoms with van der Waals surface area (Å²) in [5.74, 6) is 0.911. The molecule has 2 nitrogen and oxygen atoms in total. The van der Waals surface area contributed by atoms with E-state index < -0.39 is 0 Å². The van der Waals surface area contributed by atoms with Crippen molar-refractivity contribution < 1.29 is 0 Å². The van der Waals surface area contributed by atoms with Crippen LogP contribution < -0.4 is 0 Å². The number of pyridine rings is 1. The van der Waals surface area contributed by atoms with E-state index in [0.29, 0.717) is 0 Å². The summed E-state index contributed by atoms with van der Waals surface area (Å²) < 4.78 is 0. The van der Waals surface area contributed by atoms with Crippen molar-refractivity contribution in [1.82, 2.24) is 9.88 Å². The van der Waals surface area contributed by atoms with Crippen molar-refractivity contribution in [2.75, 3.05) is 13.6 Å². The molecule has 82 valence electrons. The van der Waals surface area contributed by atoms with Gasteiger partial charge >= 0.3 is 0 Å². The maximum Gasteiger partial charge on any atom is 0.0558 e. The molecule has 0 atom stereocenters. The third kappa shape index (κ3) is 3.18. The van der Waals surface area contributed by atoms with Crippen LogP contribution in [0.15, 0.2) is 18.3 Å². The van der Waals surface area contributed by atoms with E-state index in [-0.39, 0.29) is 0 Å². The summed E-state index contributed by atoms with van der Waals surface area (Å²) in [5, 5.41) is 0.775. The molecule has 1 fully saturated rings. The van der Waals surface area contributed by atoms with Crippen LogP contribution in [-0.2, 0) is 6.54 Å². The van der Waals surface area contributed by atoms with Crippen LogP contribution in [0.3, 0.4) is 0 Å². The third-order valence-electron chi connectivity index (χ3n) is 3.01. The van der Waals surface area contributed by atoms with Crippen LogP contribution in [0, 0.1) is 5.92 Å². The Kier molecular flexibility index (Phi) is 3.60. The molecule has 3 heteroatoms. The molecule has 1 saturated carbocycles. The fourth-order valence-electron chi connectivity index (χ4n) is 1.99. The molecule has 1 aromatic rings. The van der Waals surface area contributed by atoms with E-state index in [1.807, 2.05) is 12.1 Å². The Morgan fingerprint density at radius 1 is 1.53 bits per heavy atom. The van der Waals surface area contributed by atoms with Gasteiger partial charge in [0.1, 0.15) is 0 Å². The quantitative estimate of drug-likeness (QED) is 0.782. The fourth-order valence-corrected chi connectivity index (χ4v) is 2.17. The normalized spacial score (nSPS) is 16.7. The minimum absolute atomic E-state index is 0.775. The molecule has 0 unspecified atom stereocenters. The van der Waals surface area contributed by atoms with Crippen LogP contribution in [0.4, 0.5) is 0 Å². The van der Waals surface area contributed by atoms with Gasteiger partial charge in [-0.2, -0.15) is 0 Å². The average molecular weight is 225 g/mol. The lowest BCUT2D eigenvalue weighted by Crippen LogP contribution is -2.29. The highest BCUT2D eigenvalue weighted by atomic mass is 35.5. The summed E-state index contributed by atoms with van der Waals surface area (Å²) in [4.78, 5) is 6.64. The van der Waals surface area contributed by atoms with E-state index in [4.69, 9.17) is 11.6 Å². The highest BCUT2D eigenvalue weighted by Gasteiger charge is 2.18. The van der Waals surface area contributed by atoms with Crippen molar-refractivity contribution in [2.24, 2.45) is 5.92 Å². The standard InChI is InChI=1S/C12H17ClN2/c1-15(8-10-3-2-4-10)9-12-7-11(13)5-6-14-12/h5-7,10H,2-4,8-9H2,1H3. The first kappa shape index (κ1) is 10.9. The zero-order valence-corrected chi connectivity index (χ0v) is 9.87. The maximum absolute atomic E-state index is 5.91. The molecule has 2 rings (SSSR count). The number of nitrogens with zero attached hydrogens (tertiary/aromatic N) is 2. The first-order valence-electron chi connectivity index (χ1n) is 5.53. The highest BCUT2D eigenvalue weighted by molar-refractivity contribution is 6.30. The van der Waals surface area contributed by atoms with Crippen molar-refractivity contribution in [3.8, 4) is 0 Å². The van der Waals surface area contributed by atoms with Crippen LogP contribution in [0.25, 0.3) is 0 Å². The van der Waals surface area contributed by atoms with Gasteiger partial charge in [0.15, 0.2) is 0 Å². The lowest BCUT2D eigenvalue weighted by atomic mass is 9.85. The van der Waals surface area contributed by atoms with E-state index >= 15 is 0 Å². The monoisotopic (exact) mass is 224 g/mol. The molecule has 1 aliphatic carbocycles. The summed E-state index contributed by atoms with van der Waals surface area (Å²) in [6.07, 6.45) is 5.98. The smallest absolute Gasteiger partial charge is 0.0558 e. The minimum atomic E-state index is 0.775. The second-order valence-corrected chi connectivity index (χ2v) is 4.90. The van der Waals surface area contributed by atoms with Gasteiger partial charge in [0.25, 0.3) is 0 Å². The van der Waals surface area contributed by atoms with Gasteiger partial charge in [-0.05, 0) is 37.9 Å². The largest absolute Gasteiger partial charge is 0.300 e. The minimum Gasteiger partial charge on any atom is -0.300 e. The Morgan fingerprint density at radius 3 is 2.93 bits per heavy atom. The van der Waals surface area contributed by atoms with Crippen molar-refractivity contribution in [2.45, 2.75) is 25.8 Å². The number of hydrogen-bond donors (Lipinski definition) is 0. The number of rotatable bonds is 4. The molecular formula is C12H17ClN2. The summed E-state index contributed by atoms with van der Waals surface area (Å²) in [6, 6.07) is 3.76. The van der Waals surface area contributed by atoms with Crippen LogP contribution in [0.1, 0.15) is 25.0 Å². The molecule has 0 spiro atoms. The van der Waals surface area contributed by atoms with Gasteiger partial charge in [-0.15, -0.1) is 0 Å². The van der Waals surface area contributed by atoms with E-state index in [1.54, 1.807) is 6.20 Å². The molecular weight excluding hydrogens is 208 g/mol. The lowest BCUT2D eigenvalue weighted by Gasteiger charge is -2.29. The first-order chi connectivity index (χ1) is 7.24. The maximum atomic E-state index is 5.91. The molecule has 1 aromatic heterocycles. The van der Waals surface area contributed by atoms with E-state index in [0.717, 1.165) is 23.2 Å². The predicted octanol–water partition coefficient (Wildman–Crippen LogP) is 2.97. The third-order valence-corrected chi connectivity index (χ3v) is 3.24. The molecule has 1 heterocycles. The fraction of sp³-hybridized carbons (Fsp3) is 0.583. The first-order valence-corrected chi connectivity index (χ1v) is 5.91. The van der Waals surface area contributed by atoms with Crippen molar-refractivity contribution in [1.29, 1.82) is 0 Å².